The molecule has 0 radical (unpaired) electrons. The van der Waals surface area contributed by atoms with Crippen molar-refractivity contribution in [1.29, 1.82) is 0 Å². The molecule has 4 unspecified atom stereocenters. The Morgan fingerprint density at radius 3 is 2.63 bits per heavy atom. The van der Waals surface area contributed by atoms with Crippen LogP contribution in [0.1, 0.15) is 61.9 Å². The van der Waals surface area contributed by atoms with Gasteiger partial charge in [-0.15, -0.1) is 0 Å². The Kier molecular flexibility index (Phi) is 7.84. The number of fused-ring (bicyclic) bond motifs is 1. The summed E-state index contributed by atoms with van der Waals surface area (Å²) in [7, 11) is 0. The lowest BCUT2D eigenvalue weighted by atomic mass is 9.64. The molecule has 43 heavy (non-hydrogen) atoms. The van der Waals surface area contributed by atoms with Crippen molar-refractivity contribution >= 4 is 11.1 Å². The van der Waals surface area contributed by atoms with E-state index >= 15 is 0 Å². The minimum atomic E-state index is -0.307. The minimum absolute atomic E-state index is 0.0398. The second-order valence-corrected chi connectivity index (χ2v) is 12.1. The fraction of sp³-hybridized carbons (Fsp3) is 0.250. The highest BCUT2D eigenvalue weighted by Gasteiger charge is 2.37. The van der Waals surface area contributed by atoms with Crippen LogP contribution in [0.15, 0.2) is 149 Å². The Hall–Kier alpha value is -4.18. The van der Waals surface area contributed by atoms with Gasteiger partial charge < -0.3 is 11.1 Å². The van der Waals surface area contributed by atoms with Crippen LogP contribution >= 0.6 is 0 Å². The molecule has 0 fully saturated rings. The van der Waals surface area contributed by atoms with Gasteiger partial charge in [0, 0.05) is 18.0 Å². The van der Waals surface area contributed by atoms with Gasteiger partial charge in [-0.05, 0) is 94.4 Å². The normalized spacial score (nSPS) is 25.0. The lowest BCUT2D eigenvalue weighted by Gasteiger charge is -2.40. The lowest BCUT2D eigenvalue weighted by molar-refractivity contribution is 0.465. The van der Waals surface area contributed by atoms with E-state index in [2.05, 4.69) is 133 Å². The zero-order valence-corrected chi connectivity index (χ0v) is 25.0. The second-order valence-electron chi connectivity index (χ2n) is 12.1. The van der Waals surface area contributed by atoms with Crippen molar-refractivity contribution in [2.45, 2.75) is 51.4 Å². The van der Waals surface area contributed by atoms with Crippen molar-refractivity contribution in [3.8, 4) is 0 Å². The summed E-state index contributed by atoms with van der Waals surface area (Å²) in [6, 6.07) is 19.3. The molecule has 2 aromatic carbocycles. The standard InChI is InChI=1S/C40H41N3/c1-2-27-12-10-15-29(24-27)38-33-18-6-8-20-35(33)39(36-21-9-7-19-34(36)38)30-16-11-17-31(25-30)40(41)43-37-23-22-32(26-42-37)28-13-4-3-5-14-28/h3-8,11,13-20,22-26,33,37-38,40,42-43H,2,9-10,12,21,41H2,1H3. The van der Waals surface area contributed by atoms with Gasteiger partial charge in [0.05, 0.1) is 12.3 Å². The molecule has 3 nitrogen and oxygen atoms in total. The maximum Gasteiger partial charge on any atom is 0.0974 e. The number of rotatable bonds is 7. The fourth-order valence-electron chi connectivity index (χ4n) is 7.30. The first kappa shape index (κ1) is 27.6. The molecule has 216 valence electrons. The van der Waals surface area contributed by atoms with Gasteiger partial charge in [0.25, 0.3) is 0 Å². The zero-order chi connectivity index (χ0) is 29.2. The molecule has 0 aromatic heterocycles. The molecule has 4 aliphatic carbocycles. The van der Waals surface area contributed by atoms with Crippen LogP contribution in [0.5, 0.6) is 0 Å². The molecule has 0 spiro atoms. The Morgan fingerprint density at radius 1 is 0.907 bits per heavy atom. The Bertz CT molecular complexity index is 1670. The molecule has 0 bridgehead atoms. The molecular weight excluding hydrogens is 522 g/mol. The third-order valence-electron chi connectivity index (χ3n) is 9.47. The fourth-order valence-corrected chi connectivity index (χ4v) is 7.30. The number of nitrogens with two attached hydrogens (primary N) is 1. The van der Waals surface area contributed by atoms with Crippen molar-refractivity contribution in [2.75, 3.05) is 0 Å². The van der Waals surface area contributed by atoms with Crippen LogP contribution in [0.4, 0.5) is 0 Å². The van der Waals surface area contributed by atoms with E-state index < -0.39 is 0 Å². The lowest BCUT2D eigenvalue weighted by Crippen LogP contribution is -2.44. The predicted molar refractivity (Wildman–Crippen MR) is 180 cm³/mol. The van der Waals surface area contributed by atoms with E-state index in [-0.39, 0.29) is 12.3 Å². The minimum Gasteiger partial charge on any atom is -0.372 e. The third kappa shape index (κ3) is 5.51. The molecular formula is C40H41N3. The monoisotopic (exact) mass is 563 g/mol. The van der Waals surface area contributed by atoms with Crippen LogP contribution < -0.4 is 16.4 Å². The summed E-state index contributed by atoms with van der Waals surface area (Å²) in [5, 5.41) is 7.04. The van der Waals surface area contributed by atoms with Crippen molar-refractivity contribution in [3.05, 3.63) is 166 Å². The SMILES string of the molecule is CCC1=CC(C2C3=C(CCC=C3)C(c3cccc(C(N)NC4C=CC(c5ccccc5)=CN4)c3)=C3C=CC=CC32)=CCC1. The van der Waals surface area contributed by atoms with Crippen LogP contribution in [0.3, 0.4) is 0 Å². The van der Waals surface area contributed by atoms with Crippen LogP contribution in [-0.4, -0.2) is 6.17 Å². The highest BCUT2D eigenvalue weighted by atomic mass is 15.2. The Morgan fingerprint density at radius 2 is 1.79 bits per heavy atom. The molecule has 3 heteroatoms. The largest absolute Gasteiger partial charge is 0.372 e. The molecule has 2 aromatic rings. The van der Waals surface area contributed by atoms with Crippen LogP contribution in [0.25, 0.3) is 11.1 Å². The summed E-state index contributed by atoms with van der Waals surface area (Å²) < 4.78 is 0. The topological polar surface area (TPSA) is 50.1 Å². The summed E-state index contributed by atoms with van der Waals surface area (Å²) >= 11 is 0. The van der Waals surface area contributed by atoms with Crippen LogP contribution in [0, 0.1) is 11.8 Å². The molecule has 0 saturated heterocycles. The number of hydrogen-bond donors (Lipinski definition) is 3. The third-order valence-corrected chi connectivity index (χ3v) is 9.47. The number of hydrogen-bond acceptors (Lipinski definition) is 3. The maximum absolute atomic E-state index is 6.80. The van der Waals surface area contributed by atoms with Gasteiger partial charge in [-0.25, -0.2) is 0 Å². The first-order valence-electron chi connectivity index (χ1n) is 15.9. The molecule has 7 rings (SSSR count). The summed E-state index contributed by atoms with van der Waals surface area (Å²) in [5.41, 5.74) is 20.4. The molecule has 0 amide bonds. The van der Waals surface area contributed by atoms with Crippen LogP contribution in [-0.2, 0) is 0 Å². The van der Waals surface area contributed by atoms with Gasteiger partial charge in [-0.1, -0.05) is 116 Å². The summed E-state index contributed by atoms with van der Waals surface area (Å²) in [6.07, 6.45) is 30.7. The number of dihydropyridines is 1. The molecule has 0 saturated carbocycles. The first-order valence-corrected chi connectivity index (χ1v) is 15.9. The van der Waals surface area contributed by atoms with Crippen molar-refractivity contribution in [1.82, 2.24) is 10.6 Å². The van der Waals surface area contributed by atoms with E-state index in [4.69, 9.17) is 5.73 Å². The van der Waals surface area contributed by atoms with Gasteiger partial charge in [0.1, 0.15) is 0 Å². The molecule has 5 aliphatic rings. The quantitative estimate of drug-likeness (QED) is 0.296. The van der Waals surface area contributed by atoms with Gasteiger partial charge in [0.2, 0.25) is 0 Å². The Labute approximate surface area is 256 Å². The molecule has 4 N–H and O–H groups in total. The zero-order valence-electron chi connectivity index (χ0n) is 25.0. The molecule has 1 heterocycles. The number of allylic oxidation sites excluding steroid dienone is 16. The van der Waals surface area contributed by atoms with E-state index in [0.717, 1.165) is 31.2 Å². The average Bonchev–Trinajstić information content (AvgIpc) is 3.08. The van der Waals surface area contributed by atoms with E-state index in [1.807, 2.05) is 6.07 Å². The number of nitrogens with one attached hydrogen (secondary N) is 2. The summed E-state index contributed by atoms with van der Waals surface area (Å²) in [5.74, 6) is 0.705. The molecule has 4 atom stereocenters. The van der Waals surface area contributed by atoms with Crippen molar-refractivity contribution in [3.63, 3.8) is 0 Å². The van der Waals surface area contributed by atoms with Crippen LogP contribution in [0.2, 0.25) is 0 Å². The summed E-state index contributed by atoms with van der Waals surface area (Å²) in [6.45, 7) is 2.29. The highest BCUT2D eigenvalue weighted by Crippen LogP contribution is 2.52. The van der Waals surface area contributed by atoms with Crippen molar-refractivity contribution < 1.29 is 0 Å². The maximum atomic E-state index is 6.80. The van der Waals surface area contributed by atoms with Gasteiger partial charge >= 0.3 is 0 Å². The Balaban J connectivity index is 1.18. The number of benzene rings is 2. The molecule has 1 aliphatic heterocycles. The van der Waals surface area contributed by atoms with Gasteiger partial charge in [-0.3, -0.25) is 5.32 Å². The average molecular weight is 564 g/mol. The first-order chi connectivity index (χ1) is 21.2. The van der Waals surface area contributed by atoms with E-state index in [1.54, 1.807) is 5.57 Å². The predicted octanol–water partition coefficient (Wildman–Crippen LogP) is 8.59. The second kappa shape index (κ2) is 12.2. The van der Waals surface area contributed by atoms with E-state index in [0.29, 0.717) is 11.8 Å². The van der Waals surface area contributed by atoms with Crippen molar-refractivity contribution in [2.24, 2.45) is 17.6 Å². The van der Waals surface area contributed by atoms with Gasteiger partial charge in [0.15, 0.2) is 0 Å². The highest BCUT2D eigenvalue weighted by molar-refractivity contribution is 5.88. The van der Waals surface area contributed by atoms with E-state index in [1.165, 1.54) is 51.0 Å². The summed E-state index contributed by atoms with van der Waals surface area (Å²) in [4.78, 5) is 0. The smallest absolute Gasteiger partial charge is 0.0974 e. The van der Waals surface area contributed by atoms with E-state index in [9.17, 15) is 0 Å². The van der Waals surface area contributed by atoms with Gasteiger partial charge in [-0.2, -0.15) is 0 Å².